The quantitative estimate of drug-likeness (QED) is 0.401. The van der Waals surface area contributed by atoms with Crippen molar-refractivity contribution in [3.05, 3.63) is 0 Å². The fraction of sp³-hybridized carbons (Fsp3) is 1.00. The van der Waals surface area contributed by atoms with E-state index in [2.05, 4.69) is 19.2 Å². The van der Waals surface area contributed by atoms with Crippen LogP contribution in [0.2, 0.25) is 0 Å². The first-order valence-electron chi connectivity index (χ1n) is 7.12. The van der Waals surface area contributed by atoms with Crippen molar-refractivity contribution in [1.82, 2.24) is 5.32 Å². The molecule has 0 aliphatic rings. The van der Waals surface area contributed by atoms with Gasteiger partial charge in [-0.1, -0.05) is 71.6 Å². The van der Waals surface area contributed by atoms with Crippen molar-refractivity contribution >= 4 is 29.6 Å². The molecule has 0 aromatic rings. The molecule has 0 aromatic carbocycles. The van der Waals surface area contributed by atoms with E-state index in [0.29, 0.717) is 0 Å². The van der Waals surface area contributed by atoms with Gasteiger partial charge in [-0.15, -0.1) is 0 Å². The average molecular weight is 237 g/mol. The van der Waals surface area contributed by atoms with Gasteiger partial charge in [0.05, 0.1) is 0 Å². The van der Waals surface area contributed by atoms with Gasteiger partial charge in [-0.05, 0) is 19.5 Å². The summed E-state index contributed by atoms with van der Waals surface area (Å²) in [5.74, 6) is 0. The topological polar surface area (TPSA) is 12.0 Å². The van der Waals surface area contributed by atoms with Gasteiger partial charge in [0, 0.05) is 0 Å². The van der Waals surface area contributed by atoms with E-state index in [-0.39, 0.29) is 29.6 Å². The molecule has 0 saturated heterocycles. The predicted molar refractivity (Wildman–Crippen MR) is 77.5 cm³/mol. The predicted octanol–water partition coefficient (Wildman–Crippen LogP) is 3.87. The molecule has 2 heteroatoms. The zero-order valence-corrected chi connectivity index (χ0v) is 11.0. The third-order valence-corrected chi connectivity index (χ3v) is 2.96. The summed E-state index contributed by atoms with van der Waals surface area (Å²) in [5, 5.41) is 3.37. The third-order valence-electron chi connectivity index (χ3n) is 2.96. The average Bonchev–Trinajstić information content (AvgIpc) is 2.26. The minimum atomic E-state index is 0. The molecule has 0 spiro atoms. The van der Waals surface area contributed by atoms with Gasteiger partial charge in [-0.2, -0.15) is 0 Å². The van der Waals surface area contributed by atoms with Crippen LogP contribution < -0.4 is 5.32 Å². The molecule has 0 aromatic heterocycles. The van der Waals surface area contributed by atoms with Gasteiger partial charge in [-0.25, -0.2) is 0 Å². The van der Waals surface area contributed by atoms with Crippen LogP contribution in [0.4, 0.5) is 0 Å². The monoisotopic (exact) mass is 237 g/mol. The molecule has 0 atom stereocenters. The Morgan fingerprint density at radius 2 is 1.06 bits per heavy atom. The molecule has 0 rings (SSSR count). The van der Waals surface area contributed by atoms with Crippen LogP contribution in [0.1, 0.15) is 78.1 Å². The van der Waals surface area contributed by atoms with Crippen LogP contribution in [0.15, 0.2) is 0 Å². The Labute approximate surface area is 125 Å². The third kappa shape index (κ3) is 17.4. The molecule has 94 valence electrons. The molecular weight excluding hydrogens is 205 g/mol. The van der Waals surface area contributed by atoms with E-state index in [1.54, 1.807) is 0 Å². The number of hydrogen-bond donors (Lipinski definition) is 1. The Hall–Kier alpha value is 0.960. The van der Waals surface area contributed by atoms with Gasteiger partial charge < -0.3 is 5.32 Å². The van der Waals surface area contributed by atoms with E-state index >= 15 is 0 Å². The van der Waals surface area contributed by atoms with E-state index in [1.165, 1.54) is 70.8 Å². The Kier molecular flexibility index (Phi) is 22.1. The van der Waals surface area contributed by atoms with Crippen molar-refractivity contribution in [1.29, 1.82) is 0 Å². The summed E-state index contributed by atoms with van der Waals surface area (Å²) in [7, 11) is 0. The van der Waals surface area contributed by atoms with Crippen molar-refractivity contribution in [2.75, 3.05) is 13.1 Å². The zero-order valence-electron chi connectivity index (χ0n) is 11.0. The first-order valence-corrected chi connectivity index (χ1v) is 7.12. The van der Waals surface area contributed by atoms with Crippen LogP contribution in [0, 0.1) is 0 Å². The van der Waals surface area contributed by atoms with E-state index in [9.17, 15) is 0 Å². The molecule has 0 radical (unpaired) electrons. The fourth-order valence-corrected chi connectivity index (χ4v) is 1.91. The van der Waals surface area contributed by atoms with Gasteiger partial charge in [0.2, 0.25) is 0 Å². The second kappa shape index (κ2) is 18.3. The molecule has 0 unspecified atom stereocenters. The first kappa shape index (κ1) is 19.3. The normalized spacial score (nSPS) is 10.1. The van der Waals surface area contributed by atoms with Crippen molar-refractivity contribution in [3.63, 3.8) is 0 Å². The molecule has 0 saturated carbocycles. The van der Waals surface area contributed by atoms with Crippen LogP contribution in [-0.2, 0) is 0 Å². The van der Waals surface area contributed by atoms with Gasteiger partial charge in [-0.3, -0.25) is 0 Å². The summed E-state index contributed by atoms with van der Waals surface area (Å²) in [4.78, 5) is 0. The number of unbranched alkanes of at least 4 members (excludes halogenated alkanes) is 9. The SMILES string of the molecule is CCCCCCCCCCCCNCC.[NaH]. The van der Waals surface area contributed by atoms with E-state index < -0.39 is 0 Å². The van der Waals surface area contributed by atoms with Gasteiger partial charge in [0.1, 0.15) is 0 Å². The maximum absolute atomic E-state index is 3.37. The van der Waals surface area contributed by atoms with E-state index in [1.807, 2.05) is 0 Å². The van der Waals surface area contributed by atoms with Crippen molar-refractivity contribution in [2.45, 2.75) is 78.1 Å². The van der Waals surface area contributed by atoms with Crippen LogP contribution in [0.5, 0.6) is 0 Å². The van der Waals surface area contributed by atoms with Crippen molar-refractivity contribution in [3.8, 4) is 0 Å². The molecule has 0 fully saturated rings. The van der Waals surface area contributed by atoms with Crippen molar-refractivity contribution in [2.24, 2.45) is 0 Å². The Balaban J connectivity index is 0. The summed E-state index contributed by atoms with van der Waals surface area (Å²) in [6, 6.07) is 0. The summed E-state index contributed by atoms with van der Waals surface area (Å²) in [5.41, 5.74) is 0. The molecule has 0 amide bonds. The molecule has 1 nitrogen and oxygen atoms in total. The Bertz CT molecular complexity index is 94.9. The second-order valence-corrected chi connectivity index (χ2v) is 4.54. The molecular formula is C14H32NNa. The molecule has 0 bridgehead atoms. The van der Waals surface area contributed by atoms with E-state index in [0.717, 1.165) is 6.54 Å². The summed E-state index contributed by atoms with van der Waals surface area (Å²) in [6.45, 7) is 6.80. The first-order chi connectivity index (χ1) is 7.41. The van der Waals surface area contributed by atoms with Crippen LogP contribution >= 0.6 is 0 Å². The standard InChI is InChI=1S/C14H31N.Na.H/c1-3-5-6-7-8-9-10-11-12-13-14-15-4-2;;/h15H,3-14H2,1-2H3;;. The maximum atomic E-state index is 3.37. The summed E-state index contributed by atoms with van der Waals surface area (Å²) >= 11 is 0. The van der Waals surface area contributed by atoms with Gasteiger partial charge in [0.25, 0.3) is 0 Å². The molecule has 1 N–H and O–H groups in total. The minimum absolute atomic E-state index is 0. The molecule has 0 heterocycles. The zero-order chi connectivity index (χ0) is 11.2. The number of hydrogen-bond acceptors (Lipinski definition) is 1. The number of rotatable bonds is 12. The van der Waals surface area contributed by atoms with Gasteiger partial charge >= 0.3 is 29.6 Å². The molecule has 0 aliphatic carbocycles. The van der Waals surface area contributed by atoms with Crippen molar-refractivity contribution < 1.29 is 0 Å². The van der Waals surface area contributed by atoms with Crippen LogP contribution in [-0.4, -0.2) is 42.6 Å². The summed E-state index contributed by atoms with van der Waals surface area (Å²) in [6.07, 6.45) is 14.3. The van der Waals surface area contributed by atoms with E-state index in [4.69, 9.17) is 0 Å². The second-order valence-electron chi connectivity index (χ2n) is 4.54. The van der Waals surface area contributed by atoms with Crippen LogP contribution in [0.25, 0.3) is 0 Å². The van der Waals surface area contributed by atoms with Crippen LogP contribution in [0.3, 0.4) is 0 Å². The fourth-order valence-electron chi connectivity index (χ4n) is 1.91. The molecule has 16 heavy (non-hydrogen) atoms. The van der Waals surface area contributed by atoms with Gasteiger partial charge in [0.15, 0.2) is 0 Å². The number of nitrogens with one attached hydrogen (secondary N) is 1. The summed E-state index contributed by atoms with van der Waals surface area (Å²) < 4.78 is 0. The Morgan fingerprint density at radius 1 is 0.625 bits per heavy atom. The molecule has 0 aliphatic heterocycles. The Morgan fingerprint density at radius 3 is 1.50 bits per heavy atom.